The van der Waals surface area contributed by atoms with Crippen molar-refractivity contribution in [2.75, 3.05) is 0 Å². The molecule has 0 spiro atoms. The fourth-order valence-electron chi connectivity index (χ4n) is 0.630. The SMILES string of the molecule is OC1CC(F)(F)C1.[V]. The van der Waals surface area contributed by atoms with Crippen LogP contribution in [-0.2, 0) is 18.6 Å². The van der Waals surface area contributed by atoms with E-state index >= 15 is 0 Å². The summed E-state index contributed by atoms with van der Waals surface area (Å²) in [5, 5.41) is 8.30. The molecule has 8 heavy (non-hydrogen) atoms. The van der Waals surface area contributed by atoms with Crippen LogP contribution < -0.4 is 0 Å². The number of halogens is 2. The number of hydrogen-bond acceptors (Lipinski definition) is 1. The molecule has 4 heteroatoms. The van der Waals surface area contributed by atoms with Crippen molar-refractivity contribution in [3.63, 3.8) is 0 Å². The van der Waals surface area contributed by atoms with Crippen LogP contribution in [0.3, 0.4) is 0 Å². The second kappa shape index (κ2) is 2.34. The Bertz CT molecular complexity index is 78.1. The first kappa shape index (κ1) is 8.40. The van der Waals surface area contributed by atoms with Gasteiger partial charge in [-0.25, -0.2) is 8.78 Å². The molecule has 0 atom stereocenters. The molecule has 0 saturated heterocycles. The van der Waals surface area contributed by atoms with Gasteiger partial charge in [0, 0.05) is 31.4 Å². The standard InChI is InChI=1S/C4H6F2O.V/c5-4(6)1-3(7)2-4;/h3,7H,1-2H2;. The van der Waals surface area contributed by atoms with E-state index in [0.29, 0.717) is 0 Å². The maximum Gasteiger partial charge on any atom is 0.253 e. The van der Waals surface area contributed by atoms with Crippen LogP contribution in [0.4, 0.5) is 8.78 Å². The van der Waals surface area contributed by atoms with Gasteiger partial charge in [0.25, 0.3) is 5.92 Å². The molecule has 0 bridgehead atoms. The number of alkyl halides is 2. The maximum atomic E-state index is 11.6. The second-order valence-electron chi connectivity index (χ2n) is 1.92. The van der Waals surface area contributed by atoms with Crippen LogP contribution in [0, 0.1) is 0 Å². The Morgan fingerprint density at radius 3 is 1.75 bits per heavy atom. The van der Waals surface area contributed by atoms with Gasteiger partial charge in [-0.05, 0) is 0 Å². The molecule has 1 rings (SSSR count). The van der Waals surface area contributed by atoms with Crippen molar-refractivity contribution in [1.29, 1.82) is 0 Å². The molecule has 0 aromatic heterocycles. The Labute approximate surface area is 58.0 Å². The first-order valence-corrected chi connectivity index (χ1v) is 2.16. The van der Waals surface area contributed by atoms with E-state index < -0.39 is 12.0 Å². The maximum absolute atomic E-state index is 11.6. The number of aliphatic hydroxyl groups excluding tert-OH is 1. The van der Waals surface area contributed by atoms with Gasteiger partial charge in [0.2, 0.25) is 0 Å². The number of aliphatic hydroxyl groups is 1. The molecular weight excluding hydrogens is 153 g/mol. The molecule has 0 aromatic carbocycles. The molecule has 1 saturated carbocycles. The Morgan fingerprint density at radius 2 is 1.75 bits per heavy atom. The average Bonchev–Trinajstić information content (AvgIpc) is 1.27. The van der Waals surface area contributed by atoms with Crippen molar-refractivity contribution in [1.82, 2.24) is 0 Å². The normalized spacial score (nSPS) is 25.9. The van der Waals surface area contributed by atoms with Gasteiger partial charge in [-0.1, -0.05) is 0 Å². The molecule has 1 N–H and O–H groups in total. The molecule has 1 nitrogen and oxygen atoms in total. The van der Waals surface area contributed by atoms with Crippen LogP contribution in [0.5, 0.6) is 0 Å². The number of rotatable bonds is 0. The molecule has 1 fully saturated rings. The predicted molar refractivity (Wildman–Crippen MR) is 20.2 cm³/mol. The Hall–Kier alpha value is 0.404. The summed E-state index contributed by atoms with van der Waals surface area (Å²) in [5.74, 6) is -2.56. The van der Waals surface area contributed by atoms with Crippen LogP contribution in [0.15, 0.2) is 0 Å². The van der Waals surface area contributed by atoms with E-state index in [4.69, 9.17) is 5.11 Å². The third kappa shape index (κ3) is 1.73. The molecule has 1 aliphatic carbocycles. The summed E-state index contributed by atoms with van der Waals surface area (Å²) < 4.78 is 23.3. The van der Waals surface area contributed by atoms with Crippen LogP contribution in [0.25, 0.3) is 0 Å². The Balaban J connectivity index is 0.000000490. The minimum atomic E-state index is -2.56. The molecule has 1 radical (unpaired) electrons. The summed E-state index contributed by atoms with van der Waals surface area (Å²) >= 11 is 0. The van der Waals surface area contributed by atoms with Crippen molar-refractivity contribution in [2.24, 2.45) is 0 Å². The molecule has 0 unspecified atom stereocenters. The van der Waals surface area contributed by atoms with E-state index in [2.05, 4.69) is 0 Å². The van der Waals surface area contributed by atoms with E-state index in [1.807, 2.05) is 0 Å². The fourth-order valence-corrected chi connectivity index (χ4v) is 0.630. The minimum Gasteiger partial charge on any atom is -0.393 e. The second-order valence-corrected chi connectivity index (χ2v) is 1.92. The molecule has 47 valence electrons. The minimum absolute atomic E-state index is 0. The average molecular weight is 159 g/mol. The van der Waals surface area contributed by atoms with Crippen molar-refractivity contribution in [2.45, 2.75) is 24.9 Å². The largest absolute Gasteiger partial charge is 0.393 e. The van der Waals surface area contributed by atoms with Gasteiger partial charge in [0.1, 0.15) is 0 Å². The van der Waals surface area contributed by atoms with Gasteiger partial charge in [0.05, 0.1) is 6.10 Å². The first-order valence-electron chi connectivity index (χ1n) is 2.16. The van der Waals surface area contributed by atoms with E-state index in [-0.39, 0.29) is 31.4 Å². The topological polar surface area (TPSA) is 20.2 Å². The van der Waals surface area contributed by atoms with E-state index in [1.165, 1.54) is 0 Å². The predicted octanol–water partition coefficient (Wildman–Crippen LogP) is 0.774. The zero-order chi connectivity index (χ0) is 5.49. The smallest absolute Gasteiger partial charge is 0.253 e. The molecule has 0 aromatic rings. The van der Waals surface area contributed by atoms with Gasteiger partial charge in [-0.3, -0.25) is 0 Å². The molecule has 0 aliphatic heterocycles. The zero-order valence-electron chi connectivity index (χ0n) is 4.14. The van der Waals surface area contributed by atoms with Gasteiger partial charge >= 0.3 is 0 Å². The summed E-state index contributed by atoms with van der Waals surface area (Å²) in [6.07, 6.45) is -1.42. The fraction of sp³-hybridized carbons (Fsp3) is 1.00. The van der Waals surface area contributed by atoms with Gasteiger partial charge in [-0.2, -0.15) is 0 Å². The van der Waals surface area contributed by atoms with Crippen molar-refractivity contribution < 1.29 is 32.4 Å². The van der Waals surface area contributed by atoms with Crippen LogP contribution in [-0.4, -0.2) is 17.1 Å². The molecule has 0 amide bonds. The summed E-state index contributed by atoms with van der Waals surface area (Å²) in [7, 11) is 0. The summed E-state index contributed by atoms with van der Waals surface area (Å²) in [5.41, 5.74) is 0. The van der Waals surface area contributed by atoms with Crippen molar-refractivity contribution in [3.05, 3.63) is 0 Å². The molecular formula is C4H6F2OV. The zero-order valence-corrected chi connectivity index (χ0v) is 5.54. The summed E-state index contributed by atoms with van der Waals surface area (Å²) in [4.78, 5) is 0. The molecule has 0 heterocycles. The first-order chi connectivity index (χ1) is 3.10. The summed E-state index contributed by atoms with van der Waals surface area (Å²) in [6.45, 7) is 0. The quantitative estimate of drug-likeness (QED) is 0.553. The van der Waals surface area contributed by atoms with Crippen LogP contribution in [0.1, 0.15) is 12.8 Å². The Kier molecular flexibility index (Phi) is 2.45. The third-order valence-corrected chi connectivity index (χ3v) is 1.07. The van der Waals surface area contributed by atoms with Gasteiger partial charge in [0.15, 0.2) is 0 Å². The van der Waals surface area contributed by atoms with Gasteiger partial charge < -0.3 is 5.11 Å². The van der Waals surface area contributed by atoms with E-state index in [1.54, 1.807) is 0 Å². The van der Waals surface area contributed by atoms with E-state index in [0.717, 1.165) is 0 Å². The van der Waals surface area contributed by atoms with Crippen LogP contribution >= 0.6 is 0 Å². The third-order valence-electron chi connectivity index (χ3n) is 1.07. The summed E-state index contributed by atoms with van der Waals surface area (Å²) in [6, 6.07) is 0. The van der Waals surface area contributed by atoms with Crippen molar-refractivity contribution in [3.8, 4) is 0 Å². The molecule has 1 aliphatic rings. The Morgan fingerprint density at radius 1 is 1.38 bits per heavy atom. The van der Waals surface area contributed by atoms with Crippen LogP contribution in [0.2, 0.25) is 0 Å². The monoisotopic (exact) mass is 159 g/mol. The van der Waals surface area contributed by atoms with Gasteiger partial charge in [-0.15, -0.1) is 0 Å². The van der Waals surface area contributed by atoms with E-state index in [9.17, 15) is 8.78 Å². The van der Waals surface area contributed by atoms with Crippen molar-refractivity contribution >= 4 is 0 Å². The number of hydrogen-bond donors (Lipinski definition) is 1.